The third-order valence-electron chi connectivity index (χ3n) is 2.60. The van der Waals surface area contributed by atoms with Crippen LogP contribution in [0.5, 0.6) is 0 Å². The van der Waals surface area contributed by atoms with Crippen molar-refractivity contribution in [3.8, 4) is 0 Å². The van der Waals surface area contributed by atoms with Gasteiger partial charge in [0.1, 0.15) is 0 Å². The van der Waals surface area contributed by atoms with Gasteiger partial charge in [-0.3, -0.25) is 0 Å². The zero-order valence-corrected chi connectivity index (χ0v) is 11.0. The lowest BCUT2D eigenvalue weighted by Gasteiger charge is -2.27. The van der Waals surface area contributed by atoms with E-state index in [0.717, 1.165) is 12.8 Å². The van der Waals surface area contributed by atoms with E-state index in [1.54, 1.807) is 11.4 Å². The molecule has 14 heavy (non-hydrogen) atoms. The first-order chi connectivity index (χ1) is 6.50. The third kappa shape index (κ3) is 2.48. The van der Waals surface area contributed by atoms with Gasteiger partial charge in [-0.1, -0.05) is 15.9 Å². The van der Waals surface area contributed by atoms with Crippen LogP contribution in [0.25, 0.3) is 0 Å². The minimum Gasteiger partial charge on any atom is -0.195 e. The standard InChI is InChI=1S/C8H17BrN2O2S/c1-8(7-9)10(2)14(12,13)11-5-3-4-6-11/h8H,3-7H2,1-2H3. The lowest BCUT2D eigenvalue weighted by Crippen LogP contribution is -2.45. The number of rotatable bonds is 4. The van der Waals surface area contributed by atoms with Gasteiger partial charge in [0.2, 0.25) is 0 Å². The molecule has 1 fully saturated rings. The summed E-state index contributed by atoms with van der Waals surface area (Å²) >= 11 is 3.29. The zero-order chi connectivity index (χ0) is 10.8. The Kier molecular flexibility index (Phi) is 4.36. The maximum absolute atomic E-state index is 12.0. The van der Waals surface area contributed by atoms with Gasteiger partial charge in [0.25, 0.3) is 10.2 Å². The number of hydrogen-bond donors (Lipinski definition) is 0. The normalized spacial score (nSPS) is 21.7. The summed E-state index contributed by atoms with van der Waals surface area (Å²) in [5.74, 6) is 0. The maximum atomic E-state index is 12.0. The molecule has 6 heteroatoms. The highest BCUT2D eigenvalue weighted by atomic mass is 79.9. The summed E-state index contributed by atoms with van der Waals surface area (Å²) in [6.07, 6.45) is 1.96. The monoisotopic (exact) mass is 284 g/mol. The Bertz CT molecular complexity index is 275. The molecule has 0 N–H and O–H groups in total. The van der Waals surface area contributed by atoms with Gasteiger partial charge in [0, 0.05) is 31.5 Å². The Morgan fingerprint density at radius 3 is 2.36 bits per heavy atom. The van der Waals surface area contributed by atoms with E-state index in [1.807, 2.05) is 6.92 Å². The quantitative estimate of drug-likeness (QED) is 0.724. The molecule has 0 saturated carbocycles. The van der Waals surface area contributed by atoms with Gasteiger partial charge in [0.15, 0.2) is 0 Å². The molecule has 1 atom stereocenters. The second kappa shape index (κ2) is 4.92. The van der Waals surface area contributed by atoms with E-state index in [9.17, 15) is 8.42 Å². The second-order valence-electron chi connectivity index (χ2n) is 3.63. The molecule has 0 aromatic rings. The van der Waals surface area contributed by atoms with Crippen molar-refractivity contribution < 1.29 is 8.42 Å². The summed E-state index contributed by atoms with van der Waals surface area (Å²) in [6.45, 7) is 3.23. The topological polar surface area (TPSA) is 40.6 Å². The van der Waals surface area contributed by atoms with Crippen molar-refractivity contribution >= 4 is 26.1 Å². The first-order valence-electron chi connectivity index (χ1n) is 4.79. The fourth-order valence-electron chi connectivity index (χ4n) is 1.43. The molecule has 1 aliphatic rings. The largest absolute Gasteiger partial charge is 0.281 e. The average Bonchev–Trinajstić information content (AvgIpc) is 2.68. The van der Waals surface area contributed by atoms with Crippen molar-refractivity contribution in [2.24, 2.45) is 0 Å². The molecule has 0 radical (unpaired) electrons. The van der Waals surface area contributed by atoms with Crippen LogP contribution in [0.15, 0.2) is 0 Å². The fourth-order valence-corrected chi connectivity index (χ4v) is 3.66. The molecule has 1 unspecified atom stereocenters. The molecule has 0 bridgehead atoms. The Hall–Kier alpha value is 0.350. The van der Waals surface area contributed by atoms with Crippen LogP contribution in [0.3, 0.4) is 0 Å². The first kappa shape index (κ1) is 12.4. The zero-order valence-electron chi connectivity index (χ0n) is 8.61. The summed E-state index contributed by atoms with van der Waals surface area (Å²) in [7, 11) is -1.57. The summed E-state index contributed by atoms with van der Waals surface area (Å²) in [4.78, 5) is 0. The van der Waals surface area contributed by atoms with Crippen LogP contribution in [0.2, 0.25) is 0 Å². The van der Waals surface area contributed by atoms with Crippen molar-refractivity contribution in [2.45, 2.75) is 25.8 Å². The summed E-state index contributed by atoms with van der Waals surface area (Å²) in [5, 5.41) is 0.663. The molecule has 1 rings (SSSR count). The molecular formula is C8H17BrN2O2S. The Labute approximate surface area is 94.6 Å². The molecule has 0 aliphatic carbocycles. The van der Waals surface area contributed by atoms with Crippen LogP contribution in [0.4, 0.5) is 0 Å². The number of halogens is 1. The predicted octanol–water partition coefficient (Wildman–Crippen LogP) is 1.04. The molecule has 0 aromatic carbocycles. The summed E-state index contributed by atoms with van der Waals surface area (Å²) < 4.78 is 26.9. The van der Waals surface area contributed by atoms with E-state index in [-0.39, 0.29) is 6.04 Å². The van der Waals surface area contributed by atoms with Crippen molar-refractivity contribution in [2.75, 3.05) is 25.5 Å². The molecule has 4 nitrogen and oxygen atoms in total. The van der Waals surface area contributed by atoms with Gasteiger partial charge in [-0.05, 0) is 19.8 Å². The lowest BCUT2D eigenvalue weighted by molar-refractivity contribution is 0.363. The maximum Gasteiger partial charge on any atom is 0.281 e. The van der Waals surface area contributed by atoms with E-state index < -0.39 is 10.2 Å². The Balaban J connectivity index is 2.73. The Morgan fingerprint density at radius 1 is 1.43 bits per heavy atom. The SMILES string of the molecule is CC(CBr)N(C)S(=O)(=O)N1CCCC1. The van der Waals surface area contributed by atoms with Crippen LogP contribution >= 0.6 is 15.9 Å². The van der Waals surface area contributed by atoms with Crippen molar-refractivity contribution in [3.63, 3.8) is 0 Å². The van der Waals surface area contributed by atoms with Gasteiger partial charge < -0.3 is 0 Å². The van der Waals surface area contributed by atoms with E-state index >= 15 is 0 Å². The Morgan fingerprint density at radius 2 is 1.93 bits per heavy atom. The number of nitrogens with zero attached hydrogens (tertiary/aromatic N) is 2. The lowest BCUT2D eigenvalue weighted by atomic mass is 10.4. The van der Waals surface area contributed by atoms with Crippen molar-refractivity contribution in [1.29, 1.82) is 0 Å². The summed E-state index contributed by atoms with van der Waals surface area (Å²) in [6, 6.07) is 0.000556. The molecule has 84 valence electrons. The molecule has 1 aliphatic heterocycles. The first-order valence-corrected chi connectivity index (χ1v) is 7.31. The van der Waals surface area contributed by atoms with Crippen molar-refractivity contribution in [3.05, 3.63) is 0 Å². The second-order valence-corrected chi connectivity index (χ2v) is 6.27. The molecule has 0 spiro atoms. The molecular weight excluding hydrogens is 268 g/mol. The highest BCUT2D eigenvalue weighted by Gasteiger charge is 2.31. The smallest absolute Gasteiger partial charge is 0.195 e. The van der Waals surface area contributed by atoms with Crippen LogP contribution < -0.4 is 0 Å². The van der Waals surface area contributed by atoms with Crippen molar-refractivity contribution in [1.82, 2.24) is 8.61 Å². The predicted molar refractivity (Wildman–Crippen MR) is 60.7 cm³/mol. The molecule has 1 saturated heterocycles. The third-order valence-corrected chi connectivity index (χ3v) is 5.64. The van der Waals surface area contributed by atoms with Crippen LogP contribution in [0.1, 0.15) is 19.8 Å². The fraction of sp³-hybridized carbons (Fsp3) is 1.00. The van der Waals surface area contributed by atoms with E-state index in [1.165, 1.54) is 4.31 Å². The van der Waals surface area contributed by atoms with Gasteiger partial charge in [-0.25, -0.2) is 0 Å². The van der Waals surface area contributed by atoms with Gasteiger partial charge in [0.05, 0.1) is 0 Å². The van der Waals surface area contributed by atoms with Crippen LogP contribution in [-0.4, -0.2) is 48.5 Å². The highest BCUT2D eigenvalue weighted by molar-refractivity contribution is 9.09. The average molecular weight is 285 g/mol. The molecule has 1 heterocycles. The molecule has 0 amide bonds. The van der Waals surface area contributed by atoms with Gasteiger partial charge in [-0.15, -0.1) is 0 Å². The number of alkyl halides is 1. The minimum absolute atomic E-state index is 0.000556. The summed E-state index contributed by atoms with van der Waals surface area (Å²) in [5.41, 5.74) is 0. The number of hydrogen-bond acceptors (Lipinski definition) is 2. The highest BCUT2D eigenvalue weighted by Crippen LogP contribution is 2.17. The van der Waals surface area contributed by atoms with Crippen LogP contribution in [-0.2, 0) is 10.2 Å². The van der Waals surface area contributed by atoms with Gasteiger partial charge >= 0.3 is 0 Å². The van der Waals surface area contributed by atoms with Gasteiger partial charge in [-0.2, -0.15) is 17.0 Å². The molecule has 0 aromatic heterocycles. The van der Waals surface area contributed by atoms with E-state index in [0.29, 0.717) is 18.4 Å². The van der Waals surface area contributed by atoms with E-state index in [4.69, 9.17) is 0 Å². The van der Waals surface area contributed by atoms with Crippen LogP contribution in [0, 0.1) is 0 Å². The van der Waals surface area contributed by atoms with E-state index in [2.05, 4.69) is 15.9 Å². The minimum atomic E-state index is -3.21.